The smallest absolute Gasteiger partial charge is 0.307 e. The monoisotopic (exact) mass is 291 g/mol. The molecule has 6 heteroatoms. The zero-order chi connectivity index (χ0) is 15.6. The molecule has 1 aliphatic rings. The third-order valence-corrected chi connectivity index (χ3v) is 4.18. The van der Waals surface area contributed by atoms with E-state index in [1.807, 2.05) is 33.0 Å². The van der Waals surface area contributed by atoms with Crippen LogP contribution < -0.4 is 5.32 Å². The summed E-state index contributed by atoms with van der Waals surface area (Å²) in [5, 5.41) is 16.3. The Kier molecular flexibility index (Phi) is 4.45. The number of hydrogen-bond donors (Lipinski definition) is 2. The molecule has 0 radical (unpaired) electrons. The minimum Gasteiger partial charge on any atom is -0.481 e. The van der Waals surface area contributed by atoms with Gasteiger partial charge in [-0.2, -0.15) is 5.10 Å². The van der Waals surface area contributed by atoms with Gasteiger partial charge in [-0.1, -0.05) is 12.2 Å². The van der Waals surface area contributed by atoms with Gasteiger partial charge < -0.3 is 10.4 Å². The van der Waals surface area contributed by atoms with Gasteiger partial charge in [0.2, 0.25) is 5.91 Å². The first-order valence-electron chi connectivity index (χ1n) is 7.08. The Labute approximate surface area is 123 Å². The first-order valence-corrected chi connectivity index (χ1v) is 7.08. The molecule has 1 aromatic rings. The minimum absolute atomic E-state index is 0.188. The van der Waals surface area contributed by atoms with E-state index in [2.05, 4.69) is 10.4 Å². The highest BCUT2D eigenvalue weighted by Gasteiger charge is 2.34. The summed E-state index contributed by atoms with van der Waals surface area (Å²) in [6.07, 6.45) is 6.33. The van der Waals surface area contributed by atoms with Crippen LogP contribution in [0.3, 0.4) is 0 Å². The highest BCUT2D eigenvalue weighted by molar-refractivity contribution is 5.85. The molecule has 0 aromatic carbocycles. The van der Waals surface area contributed by atoms with Crippen LogP contribution in [0, 0.1) is 18.8 Å². The number of hydrogen-bond acceptors (Lipinski definition) is 3. The molecule has 1 heterocycles. The van der Waals surface area contributed by atoms with Crippen molar-refractivity contribution in [3.63, 3.8) is 0 Å². The number of aryl methyl sites for hydroxylation is 1. The number of amides is 1. The van der Waals surface area contributed by atoms with Crippen LogP contribution >= 0.6 is 0 Å². The van der Waals surface area contributed by atoms with Crippen LogP contribution in [-0.4, -0.2) is 26.8 Å². The summed E-state index contributed by atoms with van der Waals surface area (Å²) >= 11 is 0. The molecule has 0 unspecified atom stereocenters. The maximum Gasteiger partial charge on any atom is 0.307 e. The Bertz CT molecular complexity index is 577. The second-order valence-electron chi connectivity index (χ2n) is 5.53. The van der Waals surface area contributed by atoms with Crippen LogP contribution in [0.1, 0.15) is 37.1 Å². The number of allylic oxidation sites excluding steroid dienone is 2. The van der Waals surface area contributed by atoms with Crippen molar-refractivity contribution >= 4 is 11.9 Å². The molecule has 114 valence electrons. The number of aliphatic carboxylic acids is 1. The van der Waals surface area contributed by atoms with Crippen molar-refractivity contribution in [2.24, 2.45) is 18.9 Å². The van der Waals surface area contributed by atoms with Crippen molar-refractivity contribution in [1.82, 2.24) is 15.1 Å². The molecular formula is C15H21N3O3. The topological polar surface area (TPSA) is 84.2 Å². The largest absolute Gasteiger partial charge is 0.481 e. The van der Waals surface area contributed by atoms with E-state index in [-0.39, 0.29) is 11.9 Å². The number of carboxylic acids is 1. The molecule has 0 bridgehead atoms. The van der Waals surface area contributed by atoms with E-state index in [4.69, 9.17) is 0 Å². The fourth-order valence-electron chi connectivity index (χ4n) is 2.72. The van der Waals surface area contributed by atoms with Crippen molar-refractivity contribution in [1.29, 1.82) is 0 Å². The molecule has 0 spiro atoms. The van der Waals surface area contributed by atoms with Crippen LogP contribution in [0.15, 0.2) is 18.3 Å². The average molecular weight is 291 g/mol. The molecule has 0 aliphatic heterocycles. The van der Waals surface area contributed by atoms with E-state index >= 15 is 0 Å². The van der Waals surface area contributed by atoms with Crippen molar-refractivity contribution in [3.05, 3.63) is 29.6 Å². The first kappa shape index (κ1) is 15.3. The molecule has 1 amide bonds. The fraction of sp³-hybridized carbons (Fsp3) is 0.533. The van der Waals surface area contributed by atoms with Gasteiger partial charge >= 0.3 is 5.97 Å². The molecule has 1 aromatic heterocycles. The Balaban J connectivity index is 2.08. The predicted molar refractivity (Wildman–Crippen MR) is 77.5 cm³/mol. The van der Waals surface area contributed by atoms with Gasteiger partial charge in [-0.3, -0.25) is 14.3 Å². The standard InChI is InChI=1S/C15H21N3O3/c1-9(13-8-16-18(3)10(13)2)17-14(19)11-6-4-5-7-12(11)15(20)21/h4-5,8-9,11-12H,6-7H2,1-3H3,(H,17,19)(H,20,21)/t9-,11+,12+/m1/s1. The molecule has 2 N–H and O–H groups in total. The van der Waals surface area contributed by atoms with E-state index in [1.54, 1.807) is 10.9 Å². The molecule has 21 heavy (non-hydrogen) atoms. The van der Waals surface area contributed by atoms with Gasteiger partial charge in [0.25, 0.3) is 0 Å². The lowest BCUT2D eigenvalue weighted by Gasteiger charge is -2.26. The SMILES string of the molecule is Cc1c([C@@H](C)NC(=O)[C@H]2CC=CC[C@@H]2C(=O)O)cnn1C. The predicted octanol–water partition coefficient (Wildman–Crippen LogP) is 1.57. The zero-order valence-electron chi connectivity index (χ0n) is 12.5. The molecule has 0 saturated heterocycles. The number of carboxylic acid groups (broad SMARTS) is 1. The van der Waals surface area contributed by atoms with Gasteiger partial charge in [0.15, 0.2) is 0 Å². The normalized spacial score (nSPS) is 22.8. The molecule has 2 rings (SSSR count). The summed E-state index contributed by atoms with van der Waals surface area (Å²) in [7, 11) is 1.85. The molecule has 6 nitrogen and oxygen atoms in total. The zero-order valence-corrected chi connectivity index (χ0v) is 12.5. The summed E-state index contributed by atoms with van der Waals surface area (Å²) in [5.74, 6) is -2.27. The lowest BCUT2D eigenvalue weighted by Crippen LogP contribution is -2.39. The summed E-state index contributed by atoms with van der Waals surface area (Å²) in [4.78, 5) is 23.6. The molecule has 0 fully saturated rings. The highest BCUT2D eigenvalue weighted by Crippen LogP contribution is 2.27. The quantitative estimate of drug-likeness (QED) is 0.825. The Hall–Kier alpha value is -2.11. The summed E-state index contributed by atoms with van der Waals surface area (Å²) < 4.78 is 1.75. The van der Waals surface area contributed by atoms with E-state index < -0.39 is 17.8 Å². The van der Waals surface area contributed by atoms with Gasteiger partial charge in [-0.15, -0.1) is 0 Å². The lowest BCUT2D eigenvalue weighted by molar-refractivity contribution is -0.147. The van der Waals surface area contributed by atoms with Crippen LogP contribution in [0.5, 0.6) is 0 Å². The van der Waals surface area contributed by atoms with Gasteiger partial charge in [-0.05, 0) is 26.7 Å². The maximum atomic E-state index is 12.4. The summed E-state index contributed by atoms with van der Waals surface area (Å²) in [6, 6.07) is -0.188. The van der Waals surface area contributed by atoms with Gasteiger partial charge in [0, 0.05) is 18.3 Å². The van der Waals surface area contributed by atoms with Crippen molar-refractivity contribution in [2.75, 3.05) is 0 Å². The second-order valence-corrected chi connectivity index (χ2v) is 5.53. The van der Waals surface area contributed by atoms with E-state index in [1.165, 1.54) is 0 Å². The lowest BCUT2D eigenvalue weighted by atomic mass is 9.82. The average Bonchev–Trinajstić information content (AvgIpc) is 2.79. The van der Waals surface area contributed by atoms with E-state index in [0.29, 0.717) is 12.8 Å². The summed E-state index contributed by atoms with van der Waals surface area (Å²) in [6.45, 7) is 3.82. The number of nitrogens with zero attached hydrogens (tertiary/aromatic N) is 2. The Morgan fingerprint density at radius 3 is 2.52 bits per heavy atom. The maximum absolute atomic E-state index is 12.4. The van der Waals surface area contributed by atoms with E-state index in [9.17, 15) is 14.7 Å². The Morgan fingerprint density at radius 1 is 1.38 bits per heavy atom. The van der Waals surface area contributed by atoms with Crippen LogP contribution in [-0.2, 0) is 16.6 Å². The summed E-state index contributed by atoms with van der Waals surface area (Å²) in [5.41, 5.74) is 1.94. The van der Waals surface area contributed by atoms with Gasteiger partial charge in [0.1, 0.15) is 0 Å². The number of carbonyl (C=O) groups is 2. The Morgan fingerprint density at radius 2 is 2.00 bits per heavy atom. The van der Waals surface area contributed by atoms with Crippen molar-refractivity contribution in [2.45, 2.75) is 32.7 Å². The number of aromatic nitrogens is 2. The van der Waals surface area contributed by atoms with Gasteiger partial charge in [0.05, 0.1) is 24.1 Å². The third kappa shape index (κ3) is 3.15. The first-order chi connectivity index (χ1) is 9.91. The van der Waals surface area contributed by atoms with Crippen molar-refractivity contribution < 1.29 is 14.7 Å². The fourth-order valence-corrected chi connectivity index (χ4v) is 2.72. The minimum atomic E-state index is -0.912. The number of nitrogens with one attached hydrogen (secondary N) is 1. The van der Waals surface area contributed by atoms with Crippen LogP contribution in [0.2, 0.25) is 0 Å². The molecule has 1 aliphatic carbocycles. The third-order valence-electron chi connectivity index (χ3n) is 4.18. The van der Waals surface area contributed by atoms with Gasteiger partial charge in [-0.25, -0.2) is 0 Å². The number of rotatable bonds is 4. The molecule has 3 atom stereocenters. The highest BCUT2D eigenvalue weighted by atomic mass is 16.4. The van der Waals surface area contributed by atoms with Crippen LogP contribution in [0.25, 0.3) is 0 Å². The second kappa shape index (κ2) is 6.11. The van der Waals surface area contributed by atoms with Crippen molar-refractivity contribution in [3.8, 4) is 0 Å². The molecule has 0 saturated carbocycles. The molecular weight excluding hydrogens is 270 g/mol. The van der Waals surface area contributed by atoms with E-state index in [0.717, 1.165) is 11.3 Å². The number of carbonyl (C=O) groups excluding carboxylic acids is 1. The van der Waals surface area contributed by atoms with Crippen LogP contribution in [0.4, 0.5) is 0 Å².